The number of carbonyl (C=O) groups is 1. The molecular formula is C23H31NO9. The molecule has 0 bridgehead atoms. The van der Waals surface area contributed by atoms with E-state index in [1.807, 2.05) is 6.92 Å². The Bertz CT molecular complexity index is 1050. The van der Waals surface area contributed by atoms with E-state index in [9.17, 15) is 30.0 Å². The molecule has 0 saturated heterocycles. The number of fused-ring (bicyclic) bond motifs is 1. The summed E-state index contributed by atoms with van der Waals surface area (Å²) in [6.45, 7) is 6.42. The number of aryl methyl sites for hydroxylation is 1. The minimum absolute atomic E-state index is 0.153. The van der Waals surface area contributed by atoms with E-state index >= 15 is 0 Å². The topological polar surface area (TPSA) is 161 Å². The molecule has 10 heteroatoms. The SMILES string of the molecule is C=C(C)COc1ccc2c(C)c(CC(=O)N(C)C[C@H](O)[C@H](O)[C@H](O)[C@@H](O)CO)c(=O)oc2c1. The van der Waals surface area contributed by atoms with Crippen molar-refractivity contribution >= 4 is 16.9 Å². The van der Waals surface area contributed by atoms with Crippen molar-refractivity contribution < 1.29 is 39.5 Å². The molecule has 0 fully saturated rings. The van der Waals surface area contributed by atoms with Gasteiger partial charge in [-0.3, -0.25) is 4.79 Å². The number of aliphatic hydroxyl groups is 5. The van der Waals surface area contributed by atoms with E-state index in [0.717, 1.165) is 10.5 Å². The molecule has 1 aromatic heterocycles. The molecule has 1 amide bonds. The molecule has 182 valence electrons. The van der Waals surface area contributed by atoms with Crippen LogP contribution in [0.1, 0.15) is 18.1 Å². The molecule has 2 aromatic rings. The summed E-state index contributed by atoms with van der Waals surface area (Å²) < 4.78 is 11.0. The van der Waals surface area contributed by atoms with Gasteiger partial charge in [-0.15, -0.1) is 0 Å². The molecule has 10 nitrogen and oxygen atoms in total. The molecule has 4 atom stereocenters. The molecule has 0 aliphatic carbocycles. The first-order valence-electron chi connectivity index (χ1n) is 10.4. The summed E-state index contributed by atoms with van der Waals surface area (Å²) in [5.41, 5.74) is 1.19. The third-order valence-corrected chi connectivity index (χ3v) is 5.28. The second kappa shape index (κ2) is 11.4. The van der Waals surface area contributed by atoms with E-state index in [2.05, 4.69) is 6.58 Å². The number of benzene rings is 1. The van der Waals surface area contributed by atoms with Gasteiger partial charge in [0.25, 0.3) is 0 Å². The zero-order chi connectivity index (χ0) is 24.9. The highest BCUT2D eigenvalue weighted by molar-refractivity contribution is 5.85. The highest BCUT2D eigenvalue weighted by Gasteiger charge is 2.31. The van der Waals surface area contributed by atoms with Crippen LogP contribution < -0.4 is 10.4 Å². The molecule has 1 aromatic carbocycles. The smallest absolute Gasteiger partial charge is 0.340 e. The molecule has 0 aliphatic rings. The van der Waals surface area contributed by atoms with Crippen molar-refractivity contribution in [3.8, 4) is 5.75 Å². The molecule has 0 radical (unpaired) electrons. The van der Waals surface area contributed by atoms with Crippen LogP contribution in [-0.2, 0) is 11.2 Å². The van der Waals surface area contributed by atoms with Crippen LogP contribution in [0.4, 0.5) is 0 Å². The van der Waals surface area contributed by atoms with Crippen molar-refractivity contribution in [3.63, 3.8) is 0 Å². The summed E-state index contributed by atoms with van der Waals surface area (Å²) in [5.74, 6) is -0.0210. The average molecular weight is 465 g/mol. The van der Waals surface area contributed by atoms with E-state index in [1.165, 1.54) is 7.05 Å². The molecule has 2 rings (SSSR count). The number of likely N-dealkylation sites (N-methyl/N-ethyl adjacent to an activating group) is 1. The van der Waals surface area contributed by atoms with Gasteiger partial charge in [-0.2, -0.15) is 0 Å². The molecule has 0 aliphatic heterocycles. The van der Waals surface area contributed by atoms with Crippen LogP contribution in [-0.4, -0.2) is 87.6 Å². The van der Waals surface area contributed by atoms with Crippen LogP contribution in [0.2, 0.25) is 0 Å². The summed E-state index contributed by atoms with van der Waals surface area (Å²) in [6.07, 6.45) is -7.14. The van der Waals surface area contributed by atoms with Gasteiger partial charge in [-0.1, -0.05) is 6.58 Å². The van der Waals surface area contributed by atoms with E-state index < -0.39 is 42.6 Å². The molecule has 0 spiro atoms. The van der Waals surface area contributed by atoms with Crippen molar-refractivity contribution in [2.24, 2.45) is 0 Å². The maximum absolute atomic E-state index is 12.6. The van der Waals surface area contributed by atoms with E-state index in [-0.39, 0.29) is 18.5 Å². The Balaban J connectivity index is 2.15. The Kier molecular flexibility index (Phi) is 9.15. The summed E-state index contributed by atoms with van der Waals surface area (Å²) in [7, 11) is 1.36. The highest BCUT2D eigenvalue weighted by atomic mass is 16.5. The lowest BCUT2D eigenvalue weighted by Crippen LogP contribution is -2.50. The molecule has 5 N–H and O–H groups in total. The Labute approximate surface area is 191 Å². The fourth-order valence-corrected chi connectivity index (χ4v) is 3.21. The molecule has 0 saturated carbocycles. The Morgan fingerprint density at radius 1 is 1.18 bits per heavy atom. The second-order valence-corrected chi connectivity index (χ2v) is 8.15. The number of carbonyl (C=O) groups excluding carboxylic acids is 1. The summed E-state index contributed by atoms with van der Waals surface area (Å²) in [4.78, 5) is 26.3. The zero-order valence-corrected chi connectivity index (χ0v) is 18.9. The fraction of sp³-hybridized carbons (Fsp3) is 0.478. The monoisotopic (exact) mass is 465 g/mol. The van der Waals surface area contributed by atoms with Gasteiger partial charge in [0.1, 0.15) is 42.4 Å². The van der Waals surface area contributed by atoms with Gasteiger partial charge >= 0.3 is 5.63 Å². The van der Waals surface area contributed by atoms with Crippen molar-refractivity contribution in [2.45, 2.75) is 44.7 Å². The van der Waals surface area contributed by atoms with Crippen LogP contribution in [0.25, 0.3) is 11.0 Å². The lowest BCUT2D eigenvalue weighted by Gasteiger charge is -2.28. The maximum atomic E-state index is 12.6. The van der Waals surface area contributed by atoms with E-state index in [0.29, 0.717) is 28.9 Å². The van der Waals surface area contributed by atoms with Gasteiger partial charge in [0, 0.05) is 25.0 Å². The number of aliphatic hydroxyl groups excluding tert-OH is 5. The number of hydrogen-bond donors (Lipinski definition) is 5. The number of ether oxygens (including phenoxy) is 1. The first kappa shape index (κ1) is 26.5. The van der Waals surface area contributed by atoms with Gasteiger partial charge in [0.15, 0.2) is 0 Å². The third kappa shape index (κ3) is 6.62. The number of nitrogens with zero attached hydrogens (tertiary/aromatic N) is 1. The van der Waals surface area contributed by atoms with Crippen LogP contribution >= 0.6 is 0 Å². The normalized spacial score (nSPS) is 15.0. The molecular weight excluding hydrogens is 434 g/mol. The van der Waals surface area contributed by atoms with Gasteiger partial charge < -0.3 is 39.6 Å². The van der Waals surface area contributed by atoms with Crippen LogP contribution in [0, 0.1) is 6.92 Å². The fourth-order valence-electron chi connectivity index (χ4n) is 3.21. The molecule has 0 unspecified atom stereocenters. The quantitative estimate of drug-likeness (QED) is 0.217. The van der Waals surface area contributed by atoms with Crippen molar-refractivity contribution in [3.05, 3.63) is 51.9 Å². The summed E-state index contributed by atoms with van der Waals surface area (Å²) in [5, 5.41) is 48.6. The standard InChI is InChI=1S/C23H31NO9/c1-12(2)11-32-14-5-6-15-13(3)16(23(31)33-19(15)7-14)8-20(28)24(4)9-17(26)21(29)22(30)18(27)10-25/h5-7,17-18,21-22,25-27,29-30H,1,8-11H2,2-4H3/t17-,18-,21-,22+/m0/s1. The minimum Gasteiger partial charge on any atom is -0.489 e. The Hall–Kier alpha value is -2.76. The van der Waals surface area contributed by atoms with Crippen LogP contribution in [0.15, 0.2) is 39.6 Å². The number of amides is 1. The van der Waals surface area contributed by atoms with E-state index in [1.54, 1.807) is 25.1 Å². The van der Waals surface area contributed by atoms with Crippen molar-refractivity contribution in [1.82, 2.24) is 4.90 Å². The van der Waals surface area contributed by atoms with Gasteiger partial charge in [-0.05, 0) is 37.1 Å². The predicted octanol–water partition coefficient (Wildman–Crippen LogP) is -0.507. The van der Waals surface area contributed by atoms with Gasteiger partial charge in [-0.25, -0.2) is 4.79 Å². The minimum atomic E-state index is -1.80. The summed E-state index contributed by atoms with van der Waals surface area (Å²) >= 11 is 0. The van der Waals surface area contributed by atoms with Crippen LogP contribution in [0.5, 0.6) is 5.75 Å². The third-order valence-electron chi connectivity index (χ3n) is 5.28. The molecule has 1 heterocycles. The zero-order valence-electron chi connectivity index (χ0n) is 18.9. The lowest BCUT2D eigenvalue weighted by atomic mass is 10.0. The van der Waals surface area contributed by atoms with Crippen molar-refractivity contribution in [2.75, 3.05) is 26.8 Å². The predicted molar refractivity (Wildman–Crippen MR) is 120 cm³/mol. The van der Waals surface area contributed by atoms with Crippen LogP contribution in [0.3, 0.4) is 0 Å². The first-order chi connectivity index (χ1) is 15.5. The Morgan fingerprint density at radius 2 is 1.82 bits per heavy atom. The number of hydrogen-bond acceptors (Lipinski definition) is 9. The highest BCUT2D eigenvalue weighted by Crippen LogP contribution is 2.25. The largest absolute Gasteiger partial charge is 0.489 e. The average Bonchev–Trinajstić information content (AvgIpc) is 2.78. The number of rotatable bonds is 11. The van der Waals surface area contributed by atoms with E-state index in [4.69, 9.17) is 14.3 Å². The molecule has 33 heavy (non-hydrogen) atoms. The first-order valence-corrected chi connectivity index (χ1v) is 10.4. The van der Waals surface area contributed by atoms with Gasteiger partial charge in [0.2, 0.25) is 5.91 Å². The lowest BCUT2D eigenvalue weighted by molar-refractivity contribution is -0.137. The summed E-state index contributed by atoms with van der Waals surface area (Å²) in [6, 6.07) is 5.04. The van der Waals surface area contributed by atoms with Crippen molar-refractivity contribution in [1.29, 1.82) is 0 Å². The Morgan fingerprint density at radius 3 is 2.42 bits per heavy atom. The van der Waals surface area contributed by atoms with Gasteiger partial charge in [0.05, 0.1) is 18.6 Å². The maximum Gasteiger partial charge on any atom is 0.340 e. The second-order valence-electron chi connectivity index (χ2n) is 8.15.